The van der Waals surface area contributed by atoms with Crippen molar-refractivity contribution in [1.29, 1.82) is 0 Å². The van der Waals surface area contributed by atoms with Crippen LogP contribution in [0.25, 0.3) is 6.08 Å². The third-order valence-electron chi connectivity index (χ3n) is 7.12. The Morgan fingerprint density at radius 3 is 2.14 bits per heavy atom. The second kappa shape index (κ2) is 23.5. The number of unbranched alkanes of at least 4 members (excludes halogenated alkanes) is 2. The van der Waals surface area contributed by atoms with Crippen LogP contribution in [0.5, 0.6) is 0 Å². The zero-order chi connectivity index (χ0) is 28.8. The number of benzene rings is 1. The van der Waals surface area contributed by atoms with Crippen LogP contribution in [0, 0.1) is 18.8 Å². The van der Waals surface area contributed by atoms with Crippen LogP contribution in [0.15, 0.2) is 47.1 Å². The zero-order valence-corrected chi connectivity index (χ0v) is 27.1. The van der Waals surface area contributed by atoms with Crippen LogP contribution in [-0.4, -0.2) is 25.8 Å². The zero-order valence-electron chi connectivity index (χ0n) is 27.1. The first-order valence-electron chi connectivity index (χ1n) is 15.1. The molecule has 2 atom stereocenters. The molecule has 37 heavy (non-hydrogen) atoms. The van der Waals surface area contributed by atoms with E-state index in [1.54, 1.807) is 7.11 Å². The molecular formula is C35H63NO. The van der Waals surface area contributed by atoms with Crippen molar-refractivity contribution in [2.24, 2.45) is 11.8 Å². The Morgan fingerprint density at radius 2 is 1.57 bits per heavy atom. The van der Waals surface area contributed by atoms with Crippen LogP contribution in [0.2, 0.25) is 0 Å². The molecule has 2 heteroatoms. The van der Waals surface area contributed by atoms with E-state index in [0.717, 1.165) is 18.9 Å². The van der Waals surface area contributed by atoms with Crippen molar-refractivity contribution in [1.82, 2.24) is 5.06 Å². The van der Waals surface area contributed by atoms with E-state index in [2.05, 4.69) is 84.9 Å². The topological polar surface area (TPSA) is 12.5 Å². The largest absolute Gasteiger partial charge is 0.303 e. The van der Waals surface area contributed by atoms with E-state index in [1.807, 2.05) is 39.8 Å². The van der Waals surface area contributed by atoms with Crippen molar-refractivity contribution in [3.05, 3.63) is 63.8 Å². The summed E-state index contributed by atoms with van der Waals surface area (Å²) in [6.07, 6.45) is 16.1. The van der Waals surface area contributed by atoms with Crippen molar-refractivity contribution in [3.8, 4) is 0 Å². The summed E-state index contributed by atoms with van der Waals surface area (Å²) < 4.78 is 0. The Morgan fingerprint density at radius 1 is 0.919 bits per heavy atom. The van der Waals surface area contributed by atoms with Crippen LogP contribution in [0.1, 0.15) is 124 Å². The number of hydrogen-bond acceptors (Lipinski definition) is 2. The van der Waals surface area contributed by atoms with Gasteiger partial charge in [0.25, 0.3) is 0 Å². The number of hydrogen-bond donors (Lipinski definition) is 0. The third-order valence-corrected chi connectivity index (χ3v) is 7.12. The molecule has 0 saturated heterocycles. The van der Waals surface area contributed by atoms with Gasteiger partial charge in [0, 0.05) is 13.6 Å². The van der Waals surface area contributed by atoms with Crippen molar-refractivity contribution < 1.29 is 4.84 Å². The average molecular weight is 514 g/mol. The summed E-state index contributed by atoms with van der Waals surface area (Å²) in [7, 11) is 3.68. The minimum atomic E-state index is 0.652. The highest BCUT2D eigenvalue weighted by Gasteiger charge is 2.08. The van der Waals surface area contributed by atoms with Crippen molar-refractivity contribution in [3.63, 3.8) is 0 Å². The van der Waals surface area contributed by atoms with E-state index in [4.69, 9.17) is 4.84 Å². The van der Waals surface area contributed by atoms with Gasteiger partial charge in [-0.25, -0.2) is 0 Å². The minimum absolute atomic E-state index is 0.652. The predicted molar refractivity (Wildman–Crippen MR) is 170 cm³/mol. The van der Waals surface area contributed by atoms with Crippen LogP contribution < -0.4 is 0 Å². The molecule has 0 aliphatic rings. The van der Waals surface area contributed by atoms with E-state index < -0.39 is 0 Å². The lowest BCUT2D eigenvalue weighted by Crippen LogP contribution is -2.19. The average Bonchev–Trinajstić information content (AvgIpc) is 2.92. The Balaban J connectivity index is 0. The summed E-state index contributed by atoms with van der Waals surface area (Å²) >= 11 is 0. The molecule has 0 amide bonds. The maximum absolute atomic E-state index is 5.21. The molecular weight excluding hydrogens is 450 g/mol. The lowest BCUT2D eigenvalue weighted by atomic mass is 9.90. The van der Waals surface area contributed by atoms with Gasteiger partial charge in [0.15, 0.2) is 0 Å². The molecule has 0 radical (unpaired) electrons. The van der Waals surface area contributed by atoms with Gasteiger partial charge in [-0.3, -0.25) is 0 Å². The van der Waals surface area contributed by atoms with Gasteiger partial charge in [0.2, 0.25) is 0 Å². The summed E-state index contributed by atoms with van der Waals surface area (Å²) in [5.41, 5.74) is 8.13. The van der Waals surface area contributed by atoms with Gasteiger partial charge >= 0.3 is 0 Å². The quantitative estimate of drug-likeness (QED) is 0.131. The van der Waals surface area contributed by atoms with Gasteiger partial charge in [0.1, 0.15) is 0 Å². The molecule has 1 rings (SSSR count). The molecule has 2 nitrogen and oxygen atoms in total. The van der Waals surface area contributed by atoms with Gasteiger partial charge in [-0.1, -0.05) is 123 Å². The number of hydroxylamine groups is 2. The summed E-state index contributed by atoms with van der Waals surface area (Å²) in [5.74, 6) is 1.50. The number of allylic oxidation sites excluding steroid dienone is 5. The van der Waals surface area contributed by atoms with Crippen molar-refractivity contribution in [2.45, 2.75) is 121 Å². The fourth-order valence-electron chi connectivity index (χ4n) is 3.98. The van der Waals surface area contributed by atoms with Crippen LogP contribution >= 0.6 is 0 Å². The lowest BCUT2D eigenvalue weighted by molar-refractivity contribution is -0.107. The van der Waals surface area contributed by atoms with Crippen LogP contribution in [-0.2, 0) is 11.3 Å². The maximum Gasteiger partial charge on any atom is 0.0575 e. The summed E-state index contributed by atoms with van der Waals surface area (Å²) in [6, 6.07) is 6.79. The minimum Gasteiger partial charge on any atom is -0.303 e. The highest BCUT2D eigenvalue weighted by atomic mass is 16.7. The molecule has 214 valence electrons. The fourth-order valence-corrected chi connectivity index (χ4v) is 3.98. The molecule has 0 aliphatic carbocycles. The molecule has 0 aromatic heterocycles. The van der Waals surface area contributed by atoms with Crippen LogP contribution in [0.3, 0.4) is 0 Å². The first-order valence-corrected chi connectivity index (χ1v) is 15.1. The molecule has 0 N–H and O–H groups in total. The van der Waals surface area contributed by atoms with Crippen LogP contribution in [0.4, 0.5) is 0 Å². The Labute approximate surface area is 233 Å². The Hall–Kier alpha value is -1.64. The summed E-state index contributed by atoms with van der Waals surface area (Å²) in [6.45, 7) is 24.9. The van der Waals surface area contributed by atoms with E-state index >= 15 is 0 Å². The highest BCUT2D eigenvalue weighted by molar-refractivity contribution is 5.61. The summed E-state index contributed by atoms with van der Waals surface area (Å²) in [4.78, 5) is 5.21. The van der Waals surface area contributed by atoms with E-state index in [0.29, 0.717) is 5.92 Å². The Bertz CT molecular complexity index is 786. The molecule has 0 bridgehead atoms. The molecule has 2 unspecified atom stereocenters. The standard InChI is InChI=1S/C31H51NO.2C2H6/c1-10-11-12-13-24(2)14-15-25(3)26(4)16-17-27(5)28(6)23-31-19-18-30(22-29(31)7)20-21-32(8)33-9;2*1-2/h16-19,22-25H,10-15,20-21H2,1-9H3;2*1-2H3/b26-16+,27-17+,28-23+;;. The van der Waals surface area contributed by atoms with Gasteiger partial charge in [-0.2, -0.15) is 5.06 Å². The smallest absolute Gasteiger partial charge is 0.0575 e. The van der Waals surface area contributed by atoms with Gasteiger partial charge < -0.3 is 4.84 Å². The van der Waals surface area contributed by atoms with Crippen molar-refractivity contribution >= 4 is 6.08 Å². The molecule has 1 aromatic carbocycles. The van der Waals surface area contributed by atoms with E-state index in [-0.39, 0.29) is 0 Å². The first kappa shape index (κ1) is 37.5. The first-order chi connectivity index (χ1) is 17.7. The van der Waals surface area contributed by atoms with E-state index in [9.17, 15) is 0 Å². The molecule has 0 saturated carbocycles. The third kappa shape index (κ3) is 17.5. The SMILES string of the molecule is CC.CC.CCCCCC(C)CCC(C)/C(C)=C/C=C(C)/C(C)=C/c1ccc(CCN(C)OC)cc1C. The highest BCUT2D eigenvalue weighted by Crippen LogP contribution is 2.23. The molecule has 0 heterocycles. The van der Waals surface area contributed by atoms with Gasteiger partial charge in [0.05, 0.1) is 7.11 Å². The Kier molecular flexibility index (Phi) is 23.8. The lowest BCUT2D eigenvalue weighted by Gasteiger charge is -2.16. The normalized spacial score (nSPS) is 13.9. The second-order valence-corrected chi connectivity index (χ2v) is 10.1. The molecule has 0 aliphatic heterocycles. The number of aryl methyl sites for hydroxylation is 1. The van der Waals surface area contributed by atoms with Crippen molar-refractivity contribution in [2.75, 3.05) is 20.7 Å². The molecule has 0 fully saturated rings. The monoisotopic (exact) mass is 513 g/mol. The van der Waals surface area contributed by atoms with Gasteiger partial charge in [-0.15, -0.1) is 0 Å². The predicted octanol–water partition coefficient (Wildman–Crippen LogP) is 11.0. The number of nitrogens with zero attached hydrogens (tertiary/aromatic N) is 1. The fraction of sp³-hybridized carbons (Fsp3) is 0.657. The molecule has 0 spiro atoms. The van der Waals surface area contributed by atoms with Gasteiger partial charge in [-0.05, 0) is 80.2 Å². The summed E-state index contributed by atoms with van der Waals surface area (Å²) in [5, 5.41) is 1.87. The molecule has 1 aromatic rings. The number of likely N-dealkylation sites (N-methyl/N-ethyl adjacent to an activating group) is 1. The maximum atomic E-state index is 5.21. The number of rotatable bonds is 15. The van der Waals surface area contributed by atoms with E-state index in [1.165, 1.54) is 71.9 Å². The second-order valence-electron chi connectivity index (χ2n) is 10.1.